The Hall–Kier alpha value is -1.57. The van der Waals surface area contributed by atoms with E-state index in [9.17, 15) is 4.79 Å². The molecule has 5 saturated carbocycles. The van der Waals surface area contributed by atoms with Gasteiger partial charge in [-0.15, -0.1) is 0 Å². The van der Waals surface area contributed by atoms with Gasteiger partial charge in [-0.05, 0) is 134 Å². The van der Waals surface area contributed by atoms with Gasteiger partial charge in [0, 0.05) is 5.41 Å². The molecule has 2 nitrogen and oxygen atoms in total. The van der Waals surface area contributed by atoms with E-state index in [0.29, 0.717) is 39.1 Å². The van der Waals surface area contributed by atoms with Crippen LogP contribution in [-0.4, -0.2) is 12.1 Å². The molecule has 6 rings (SSSR count). The lowest BCUT2D eigenvalue weighted by atomic mass is 9.41. The first-order valence-corrected chi connectivity index (χ1v) is 16.8. The molecule has 2 heteroatoms. The molecule has 0 aliphatic heterocycles. The maximum Gasteiger partial charge on any atom is 0.338 e. The van der Waals surface area contributed by atoms with Gasteiger partial charge in [-0.1, -0.05) is 78.8 Å². The van der Waals surface area contributed by atoms with E-state index in [2.05, 4.69) is 55.0 Å². The Labute approximate surface area is 245 Å². The quantitative estimate of drug-likeness (QED) is 0.252. The van der Waals surface area contributed by atoms with E-state index in [4.69, 9.17) is 4.74 Å². The van der Waals surface area contributed by atoms with E-state index in [0.717, 1.165) is 24.2 Å². The average Bonchev–Trinajstić information content (AvgIpc) is 3.51. The first kappa shape index (κ1) is 28.5. The lowest BCUT2D eigenvalue weighted by molar-refractivity contribution is -0.162. The highest BCUT2D eigenvalue weighted by Crippen LogP contribution is 2.89. The number of carbonyl (C=O) groups excluding carboxylic acids is 1. The van der Waals surface area contributed by atoms with Gasteiger partial charge in [0.05, 0.1) is 5.56 Å². The van der Waals surface area contributed by atoms with Crippen molar-refractivity contribution in [3.05, 3.63) is 48.0 Å². The molecule has 0 unspecified atom stereocenters. The summed E-state index contributed by atoms with van der Waals surface area (Å²) in [5, 5.41) is 0. The molecule has 220 valence electrons. The predicted molar refractivity (Wildman–Crippen MR) is 165 cm³/mol. The highest BCUT2D eigenvalue weighted by Gasteiger charge is 2.82. The summed E-state index contributed by atoms with van der Waals surface area (Å²) in [7, 11) is 0. The van der Waals surface area contributed by atoms with Crippen LogP contribution < -0.4 is 0 Å². The average molecular weight is 545 g/mol. The summed E-state index contributed by atoms with van der Waals surface area (Å²) in [4.78, 5) is 13.1. The third kappa shape index (κ3) is 3.82. The minimum atomic E-state index is -0.141. The number of esters is 1. The van der Waals surface area contributed by atoms with Crippen LogP contribution >= 0.6 is 0 Å². The summed E-state index contributed by atoms with van der Waals surface area (Å²) in [6, 6.07) is 9.60. The standard InChI is InChI=1S/C38H56O2/c1-25(2)26(3)14-15-27(4)29-18-20-36(8)31-17-16-30-34(5,6)32(40-33(39)28-12-10-9-11-13-28)19-21-37(30)24-38(31,37)23-22-35(29,36)7/h9-13,25,27,29-32H,3,14-24H2,1-2,4-8H3/t27-,29-,30-,31-,32+,35-,36+,37-,38+/m1/s1. The Morgan fingerprint density at radius 1 is 0.875 bits per heavy atom. The Bertz CT molecular complexity index is 1150. The summed E-state index contributed by atoms with van der Waals surface area (Å²) in [5.41, 5.74) is 4.11. The number of benzene rings is 1. The van der Waals surface area contributed by atoms with Gasteiger partial charge >= 0.3 is 5.97 Å². The Balaban J connectivity index is 1.20. The second kappa shape index (κ2) is 9.47. The smallest absolute Gasteiger partial charge is 0.338 e. The first-order chi connectivity index (χ1) is 18.8. The van der Waals surface area contributed by atoms with Gasteiger partial charge in [0.25, 0.3) is 0 Å². The summed E-state index contributed by atoms with van der Waals surface area (Å²) < 4.78 is 6.29. The van der Waals surface area contributed by atoms with Crippen molar-refractivity contribution in [1.82, 2.24) is 0 Å². The Morgan fingerprint density at radius 3 is 2.25 bits per heavy atom. The molecule has 2 spiro atoms. The summed E-state index contributed by atoms with van der Waals surface area (Å²) >= 11 is 0. The van der Waals surface area contributed by atoms with Crippen LogP contribution in [0.3, 0.4) is 0 Å². The van der Waals surface area contributed by atoms with Gasteiger partial charge in [0.1, 0.15) is 6.10 Å². The molecule has 0 saturated heterocycles. The first-order valence-electron chi connectivity index (χ1n) is 16.8. The second-order valence-electron chi connectivity index (χ2n) is 16.6. The van der Waals surface area contributed by atoms with Gasteiger partial charge in [-0.2, -0.15) is 0 Å². The fraction of sp³-hybridized carbons (Fsp3) is 0.763. The molecule has 5 aliphatic rings. The fourth-order valence-corrected chi connectivity index (χ4v) is 12.2. The number of carbonyl (C=O) groups is 1. The number of allylic oxidation sites excluding steroid dienone is 1. The van der Waals surface area contributed by atoms with Crippen molar-refractivity contribution >= 4 is 5.97 Å². The van der Waals surface area contributed by atoms with Crippen molar-refractivity contribution in [2.75, 3.05) is 0 Å². The molecule has 0 heterocycles. The zero-order valence-electron chi connectivity index (χ0n) is 26.7. The summed E-state index contributed by atoms with van der Waals surface area (Å²) in [6.07, 6.45) is 14.7. The van der Waals surface area contributed by atoms with E-state index in [1.807, 2.05) is 30.3 Å². The number of hydrogen-bond donors (Lipinski definition) is 0. The topological polar surface area (TPSA) is 26.3 Å². The van der Waals surface area contributed by atoms with E-state index in [1.54, 1.807) is 0 Å². The van der Waals surface area contributed by atoms with E-state index < -0.39 is 0 Å². The summed E-state index contributed by atoms with van der Waals surface area (Å²) in [6.45, 7) is 21.9. The highest BCUT2D eigenvalue weighted by molar-refractivity contribution is 5.89. The monoisotopic (exact) mass is 544 g/mol. The van der Waals surface area contributed by atoms with E-state index in [1.165, 1.54) is 69.8 Å². The lowest BCUT2D eigenvalue weighted by Gasteiger charge is -2.63. The van der Waals surface area contributed by atoms with E-state index >= 15 is 0 Å². The van der Waals surface area contributed by atoms with Gasteiger partial charge in [-0.3, -0.25) is 0 Å². The van der Waals surface area contributed by atoms with Crippen LogP contribution in [0.5, 0.6) is 0 Å². The van der Waals surface area contributed by atoms with Crippen molar-refractivity contribution in [1.29, 1.82) is 0 Å². The normalized spacial score (nSPS) is 43.6. The molecule has 0 bridgehead atoms. The second-order valence-corrected chi connectivity index (χ2v) is 16.6. The number of fused-ring (bicyclic) bond motifs is 2. The molecule has 40 heavy (non-hydrogen) atoms. The molecule has 1 aromatic carbocycles. The molecule has 0 amide bonds. The van der Waals surface area contributed by atoms with Crippen LogP contribution in [0, 0.1) is 56.7 Å². The SMILES string of the molecule is C=C(CC[C@@H](C)[C@H]1CC[C@@]2(C)[C@H]3CC[C@@H]4C(C)(C)[C@@H](OC(=O)c5ccccc5)CC[C@@]45C[C@@]35CC[C@]12C)C(C)C. The largest absolute Gasteiger partial charge is 0.458 e. The number of ether oxygens (including phenoxy) is 1. The molecule has 9 atom stereocenters. The number of hydrogen-bond acceptors (Lipinski definition) is 2. The van der Waals surface area contributed by atoms with Gasteiger partial charge in [0.2, 0.25) is 0 Å². The van der Waals surface area contributed by atoms with Crippen LogP contribution in [0.1, 0.15) is 129 Å². The Morgan fingerprint density at radius 2 is 1.55 bits per heavy atom. The maximum absolute atomic E-state index is 13.1. The predicted octanol–water partition coefficient (Wildman–Crippen LogP) is 10.3. The third-order valence-corrected chi connectivity index (χ3v) is 14.8. The van der Waals surface area contributed by atoms with Crippen LogP contribution in [0.15, 0.2) is 42.5 Å². The molecule has 0 N–H and O–H groups in total. The van der Waals surface area contributed by atoms with Crippen molar-refractivity contribution in [3.63, 3.8) is 0 Å². The lowest BCUT2D eigenvalue weighted by Crippen LogP contribution is -2.58. The molecule has 0 aromatic heterocycles. The van der Waals surface area contributed by atoms with Crippen LogP contribution in [0.25, 0.3) is 0 Å². The van der Waals surface area contributed by atoms with Crippen molar-refractivity contribution in [2.24, 2.45) is 56.7 Å². The minimum absolute atomic E-state index is 0.0202. The molecule has 1 aromatic rings. The van der Waals surface area contributed by atoms with Crippen molar-refractivity contribution in [2.45, 2.75) is 125 Å². The van der Waals surface area contributed by atoms with Crippen LogP contribution in [0.2, 0.25) is 0 Å². The zero-order valence-corrected chi connectivity index (χ0v) is 26.7. The highest BCUT2D eigenvalue weighted by atomic mass is 16.5. The van der Waals surface area contributed by atoms with Crippen molar-refractivity contribution in [3.8, 4) is 0 Å². The fourth-order valence-electron chi connectivity index (χ4n) is 12.2. The van der Waals surface area contributed by atoms with Gasteiger partial charge in [-0.25, -0.2) is 4.79 Å². The number of rotatable bonds is 7. The van der Waals surface area contributed by atoms with Crippen LogP contribution in [-0.2, 0) is 4.74 Å². The van der Waals surface area contributed by atoms with Gasteiger partial charge < -0.3 is 4.74 Å². The molecular formula is C38H56O2. The zero-order chi connectivity index (χ0) is 28.7. The molecule has 0 radical (unpaired) electrons. The summed E-state index contributed by atoms with van der Waals surface area (Å²) in [5.74, 6) is 3.65. The molecular weight excluding hydrogens is 488 g/mol. The van der Waals surface area contributed by atoms with Gasteiger partial charge in [0.15, 0.2) is 0 Å². The van der Waals surface area contributed by atoms with E-state index in [-0.39, 0.29) is 17.5 Å². The third-order valence-electron chi connectivity index (χ3n) is 14.8. The Kier molecular flexibility index (Phi) is 6.76. The van der Waals surface area contributed by atoms with Crippen LogP contribution in [0.4, 0.5) is 0 Å². The molecule has 5 fully saturated rings. The molecule has 5 aliphatic carbocycles. The maximum atomic E-state index is 13.1. The minimum Gasteiger partial charge on any atom is -0.458 e. The van der Waals surface area contributed by atoms with Crippen molar-refractivity contribution < 1.29 is 9.53 Å².